The normalized spacial score (nSPS) is 9.77. The first-order chi connectivity index (χ1) is 6.33. The van der Waals surface area contributed by atoms with E-state index in [1.165, 1.54) is 6.20 Å². The average Bonchev–Trinajstić information content (AvgIpc) is 2.18. The van der Waals surface area contributed by atoms with E-state index in [0.717, 1.165) is 4.73 Å². The van der Waals surface area contributed by atoms with E-state index in [1.54, 1.807) is 30.3 Å². The zero-order valence-corrected chi connectivity index (χ0v) is 6.77. The van der Waals surface area contributed by atoms with E-state index in [1.807, 2.05) is 6.07 Å². The van der Waals surface area contributed by atoms with Gasteiger partial charge in [-0.15, -0.1) is 0 Å². The molecule has 0 aliphatic carbocycles. The maximum atomic E-state index is 11.3. The molecule has 3 nitrogen and oxygen atoms in total. The number of fused-ring (bicyclic) bond motifs is 1. The molecule has 0 radical (unpaired) electrons. The van der Waals surface area contributed by atoms with Crippen LogP contribution < -0.4 is 4.73 Å². The summed E-state index contributed by atoms with van der Waals surface area (Å²) in [5.41, 5.74) is 1.06. The monoisotopic (exact) mass is 170 g/mol. The zero-order valence-electron chi connectivity index (χ0n) is 6.77. The SMILES string of the molecule is N#Cc1cccc2c1ccc[n+]2[O-]. The van der Waals surface area contributed by atoms with E-state index in [0.29, 0.717) is 16.5 Å². The first-order valence-corrected chi connectivity index (χ1v) is 3.84. The predicted molar refractivity (Wildman–Crippen MR) is 47.6 cm³/mol. The van der Waals surface area contributed by atoms with Crippen molar-refractivity contribution in [2.45, 2.75) is 0 Å². The van der Waals surface area contributed by atoms with Gasteiger partial charge in [-0.25, -0.2) is 0 Å². The van der Waals surface area contributed by atoms with E-state index in [-0.39, 0.29) is 0 Å². The lowest BCUT2D eigenvalue weighted by Crippen LogP contribution is -2.25. The lowest BCUT2D eigenvalue weighted by atomic mass is 10.1. The Morgan fingerprint density at radius 2 is 2.08 bits per heavy atom. The highest BCUT2D eigenvalue weighted by Crippen LogP contribution is 2.13. The largest absolute Gasteiger partial charge is 0.618 e. The van der Waals surface area contributed by atoms with Crippen molar-refractivity contribution >= 4 is 10.9 Å². The van der Waals surface area contributed by atoms with Crippen LogP contribution in [0.5, 0.6) is 0 Å². The topological polar surface area (TPSA) is 50.7 Å². The second-order valence-electron chi connectivity index (χ2n) is 2.68. The maximum absolute atomic E-state index is 11.3. The van der Waals surface area contributed by atoms with E-state index in [4.69, 9.17) is 5.26 Å². The molecule has 1 heterocycles. The molecule has 0 N–H and O–H groups in total. The molecule has 1 aromatic heterocycles. The molecule has 0 bridgehead atoms. The lowest BCUT2D eigenvalue weighted by Gasteiger charge is -2.00. The first-order valence-electron chi connectivity index (χ1n) is 3.84. The van der Waals surface area contributed by atoms with Crippen molar-refractivity contribution in [2.75, 3.05) is 0 Å². The lowest BCUT2D eigenvalue weighted by molar-refractivity contribution is -0.577. The van der Waals surface area contributed by atoms with Crippen LogP contribution in [0, 0.1) is 16.5 Å². The molecule has 0 spiro atoms. The third-order valence-electron chi connectivity index (χ3n) is 1.93. The molecule has 2 rings (SSSR count). The molecule has 0 fully saturated rings. The summed E-state index contributed by atoms with van der Waals surface area (Å²) < 4.78 is 0.760. The molecule has 0 saturated carbocycles. The van der Waals surface area contributed by atoms with E-state index < -0.39 is 0 Å². The van der Waals surface area contributed by atoms with Crippen LogP contribution in [-0.4, -0.2) is 0 Å². The van der Waals surface area contributed by atoms with Gasteiger partial charge in [0.15, 0.2) is 6.20 Å². The van der Waals surface area contributed by atoms with Crippen molar-refractivity contribution in [3.63, 3.8) is 0 Å². The summed E-state index contributed by atoms with van der Waals surface area (Å²) in [5, 5.41) is 20.7. The van der Waals surface area contributed by atoms with Gasteiger partial charge in [0.05, 0.1) is 10.9 Å². The van der Waals surface area contributed by atoms with Gasteiger partial charge in [-0.3, -0.25) is 0 Å². The van der Waals surface area contributed by atoms with Crippen LogP contribution in [0.25, 0.3) is 10.9 Å². The zero-order chi connectivity index (χ0) is 9.26. The van der Waals surface area contributed by atoms with Crippen LogP contribution in [0.2, 0.25) is 0 Å². The van der Waals surface area contributed by atoms with Crippen LogP contribution >= 0.6 is 0 Å². The molecule has 62 valence electrons. The fraction of sp³-hybridized carbons (Fsp3) is 0. The highest BCUT2D eigenvalue weighted by molar-refractivity contribution is 5.82. The van der Waals surface area contributed by atoms with Crippen molar-refractivity contribution in [2.24, 2.45) is 0 Å². The Balaban J connectivity index is 2.94. The summed E-state index contributed by atoms with van der Waals surface area (Å²) >= 11 is 0. The quantitative estimate of drug-likeness (QED) is 0.442. The van der Waals surface area contributed by atoms with Crippen molar-refractivity contribution in [3.05, 3.63) is 47.3 Å². The number of rotatable bonds is 0. The van der Waals surface area contributed by atoms with Crippen molar-refractivity contribution < 1.29 is 4.73 Å². The molecule has 0 aliphatic heterocycles. The Morgan fingerprint density at radius 3 is 2.85 bits per heavy atom. The van der Waals surface area contributed by atoms with Crippen molar-refractivity contribution in [3.8, 4) is 6.07 Å². The fourth-order valence-corrected chi connectivity index (χ4v) is 1.32. The summed E-state index contributed by atoms with van der Waals surface area (Å²) in [6, 6.07) is 10.5. The van der Waals surface area contributed by atoms with Gasteiger partial charge in [-0.05, 0) is 12.1 Å². The van der Waals surface area contributed by atoms with Gasteiger partial charge in [-0.2, -0.15) is 9.99 Å². The third kappa shape index (κ3) is 1.09. The Bertz CT molecular complexity index is 500. The van der Waals surface area contributed by atoms with Gasteiger partial charge in [0.25, 0.3) is 0 Å². The summed E-state index contributed by atoms with van der Waals surface area (Å²) in [4.78, 5) is 0. The molecule has 0 aliphatic rings. The minimum absolute atomic E-state index is 0.529. The highest BCUT2D eigenvalue weighted by atomic mass is 16.5. The molecule has 0 unspecified atom stereocenters. The molecule has 0 amide bonds. The molecule has 2 aromatic rings. The Hall–Kier alpha value is -2.08. The molecule has 0 atom stereocenters. The van der Waals surface area contributed by atoms with Crippen LogP contribution in [0.1, 0.15) is 5.56 Å². The molecule has 1 aromatic carbocycles. The number of aromatic nitrogens is 1. The van der Waals surface area contributed by atoms with Gasteiger partial charge < -0.3 is 5.21 Å². The van der Waals surface area contributed by atoms with Crippen LogP contribution in [0.15, 0.2) is 36.5 Å². The van der Waals surface area contributed by atoms with Crippen LogP contribution in [0.4, 0.5) is 0 Å². The van der Waals surface area contributed by atoms with Gasteiger partial charge in [-0.1, -0.05) is 6.07 Å². The number of pyridine rings is 1. The second-order valence-corrected chi connectivity index (χ2v) is 2.68. The molecular weight excluding hydrogens is 164 g/mol. The minimum atomic E-state index is 0.529. The average molecular weight is 170 g/mol. The van der Waals surface area contributed by atoms with E-state index in [9.17, 15) is 5.21 Å². The van der Waals surface area contributed by atoms with Gasteiger partial charge in [0, 0.05) is 12.1 Å². The van der Waals surface area contributed by atoms with E-state index in [2.05, 4.69) is 0 Å². The van der Waals surface area contributed by atoms with Crippen molar-refractivity contribution in [1.29, 1.82) is 5.26 Å². The van der Waals surface area contributed by atoms with Gasteiger partial charge in [0.1, 0.15) is 6.07 Å². The van der Waals surface area contributed by atoms with Crippen LogP contribution in [-0.2, 0) is 0 Å². The van der Waals surface area contributed by atoms with E-state index >= 15 is 0 Å². The summed E-state index contributed by atoms with van der Waals surface area (Å²) in [5.74, 6) is 0. The summed E-state index contributed by atoms with van der Waals surface area (Å²) in [7, 11) is 0. The Labute approximate surface area is 75.0 Å². The predicted octanol–water partition coefficient (Wildman–Crippen LogP) is 1.34. The fourth-order valence-electron chi connectivity index (χ4n) is 1.32. The maximum Gasteiger partial charge on any atom is 0.225 e. The van der Waals surface area contributed by atoms with Gasteiger partial charge in [0.2, 0.25) is 5.52 Å². The highest BCUT2D eigenvalue weighted by Gasteiger charge is 2.05. The Morgan fingerprint density at radius 1 is 1.23 bits per heavy atom. The minimum Gasteiger partial charge on any atom is -0.618 e. The smallest absolute Gasteiger partial charge is 0.225 e. The third-order valence-corrected chi connectivity index (χ3v) is 1.93. The van der Waals surface area contributed by atoms with Crippen molar-refractivity contribution in [1.82, 2.24) is 0 Å². The van der Waals surface area contributed by atoms with Gasteiger partial charge >= 0.3 is 0 Å². The number of nitriles is 1. The standard InChI is InChI=1S/C10H6N2O/c11-7-8-3-1-5-10-9(8)4-2-6-12(10)13/h1-6H. The summed E-state index contributed by atoms with van der Waals surface area (Å²) in [6.45, 7) is 0. The number of hydrogen-bond acceptors (Lipinski definition) is 2. The second kappa shape index (κ2) is 2.76. The Kier molecular flexibility index (Phi) is 1.60. The van der Waals surface area contributed by atoms with Crippen LogP contribution in [0.3, 0.4) is 0 Å². The number of hydrogen-bond donors (Lipinski definition) is 0. The molecule has 13 heavy (non-hydrogen) atoms. The molecule has 0 saturated heterocycles. The number of nitrogens with zero attached hydrogens (tertiary/aromatic N) is 2. The first kappa shape index (κ1) is 7.56. The molecule has 3 heteroatoms. The number of benzene rings is 1. The summed E-state index contributed by atoms with van der Waals surface area (Å²) in [6.07, 6.45) is 1.42. The molecular formula is C10H6N2O.